The molecule has 1 heterocycles. The van der Waals surface area contributed by atoms with Gasteiger partial charge < -0.3 is 9.67 Å². The van der Waals surface area contributed by atoms with Crippen LogP contribution in [0, 0.1) is 6.92 Å². The number of sulfonamides is 1. The third-order valence-corrected chi connectivity index (χ3v) is 5.16. The number of hydrogen-bond donors (Lipinski definition) is 1. The molecule has 0 saturated heterocycles. The van der Waals surface area contributed by atoms with Crippen LogP contribution in [-0.2, 0) is 21.4 Å². The molecule has 0 spiro atoms. The topological polar surface area (TPSA) is 92.5 Å². The Hall–Kier alpha value is -1.41. The first kappa shape index (κ1) is 17.6. The van der Waals surface area contributed by atoms with Crippen LogP contribution in [-0.4, -0.2) is 45.4 Å². The van der Waals surface area contributed by atoms with E-state index in [0.29, 0.717) is 12.4 Å². The molecule has 21 heavy (non-hydrogen) atoms. The molecule has 0 atom stereocenters. The predicted octanol–water partition coefficient (Wildman–Crippen LogP) is 1.48. The van der Waals surface area contributed by atoms with E-state index >= 15 is 0 Å². The number of carboxylic acids is 1. The van der Waals surface area contributed by atoms with Gasteiger partial charge in [-0.1, -0.05) is 0 Å². The molecule has 0 amide bonds. The maximum absolute atomic E-state index is 12.7. The molecule has 120 valence electrons. The number of hydrogen-bond acceptors (Lipinski definition) is 4. The molecule has 0 aliphatic carbocycles. The molecule has 1 rings (SSSR count). The monoisotopic (exact) mass is 317 g/mol. The molecule has 7 nitrogen and oxygen atoms in total. The Balaban J connectivity index is 3.23. The van der Waals surface area contributed by atoms with Crippen LogP contribution < -0.4 is 0 Å². The number of carboxylic acid groups (broad SMARTS) is 1. The lowest BCUT2D eigenvalue weighted by Crippen LogP contribution is -2.46. The van der Waals surface area contributed by atoms with E-state index in [1.54, 1.807) is 32.3 Å². The number of aliphatic carboxylic acids is 1. The minimum atomic E-state index is -3.83. The van der Waals surface area contributed by atoms with Crippen LogP contribution in [0.15, 0.2) is 11.2 Å². The molecule has 0 radical (unpaired) electrons. The van der Waals surface area contributed by atoms with Crippen molar-refractivity contribution < 1.29 is 18.3 Å². The molecule has 1 aromatic rings. The highest BCUT2D eigenvalue weighted by atomic mass is 32.2. The molecular formula is C13H23N3O4S. The van der Waals surface area contributed by atoms with E-state index < -0.39 is 21.5 Å². The van der Waals surface area contributed by atoms with Crippen molar-refractivity contribution in [1.82, 2.24) is 13.9 Å². The van der Waals surface area contributed by atoms with Crippen LogP contribution in [0.5, 0.6) is 0 Å². The lowest BCUT2D eigenvalue weighted by Gasteiger charge is -2.33. The van der Waals surface area contributed by atoms with Gasteiger partial charge in [0.2, 0.25) is 0 Å². The van der Waals surface area contributed by atoms with E-state index in [-0.39, 0.29) is 18.0 Å². The van der Waals surface area contributed by atoms with E-state index in [1.165, 1.54) is 10.5 Å². The summed E-state index contributed by atoms with van der Waals surface area (Å²) in [6.07, 6.45) is 1.24. The zero-order valence-electron chi connectivity index (χ0n) is 13.1. The normalized spacial score (nSPS) is 12.9. The molecule has 1 aromatic heterocycles. The summed E-state index contributed by atoms with van der Waals surface area (Å²) >= 11 is 0. The third kappa shape index (κ3) is 4.04. The Morgan fingerprint density at radius 1 is 1.43 bits per heavy atom. The average molecular weight is 317 g/mol. The van der Waals surface area contributed by atoms with Gasteiger partial charge in [0.25, 0.3) is 10.0 Å². The lowest BCUT2D eigenvalue weighted by atomic mass is 10.1. The second kappa shape index (κ2) is 6.15. The minimum Gasteiger partial charge on any atom is -0.481 e. The summed E-state index contributed by atoms with van der Waals surface area (Å²) in [6, 6.07) is 0. The lowest BCUT2D eigenvalue weighted by molar-refractivity contribution is -0.137. The molecule has 0 aromatic carbocycles. The summed E-state index contributed by atoms with van der Waals surface area (Å²) in [4.78, 5) is 14.9. The number of nitrogens with zero attached hydrogens (tertiary/aromatic N) is 3. The Morgan fingerprint density at radius 2 is 2.00 bits per heavy atom. The predicted molar refractivity (Wildman–Crippen MR) is 78.5 cm³/mol. The second-order valence-corrected chi connectivity index (χ2v) is 7.61. The fraction of sp³-hybridized carbons (Fsp3) is 0.692. The molecule has 8 heteroatoms. The smallest absolute Gasteiger partial charge is 0.304 e. The van der Waals surface area contributed by atoms with Crippen molar-refractivity contribution in [3.05, 3.63) is 12.0 Å². The number of rotatable bonds is 6. The summed E-state index contributed by atoms with van der Waals surface area (Å²) in [5.74, 6) is -0.419. The summed E-state index contributed by atoms with van der Waals surface area (Å²) < 4.78 is 28.4. The summed E-state index contributed by atoms with van der Waals surface area (Å²) in [7, 11) is -3.83. The van der Waals surface area contributed by atoms with Crippen LogP contribution in [0.3, 0.4) is 0 Å². The molecule has 0 aliphatic heterocycles. The van der Waals surface area contributed by atoms with E-state index in [9.17, 15) is 13.2 Å². The third-order valence-electron chi connectivity index (χ3n) is 3.13. The maximum atomic E-state index is 12.7. The van der Waals surface area contributed by atoms with Crippen LogP contribution in [0.4, 0.5) is 0 Å². The zero-order chi connectivity index (χ0) is 16.4. The SMILES string of the molecule is CCn1cc(S(=O)(=O)N(CCC(=O)O)C(C)(C)C)nc1C. The van der Waals surface area contributed by atoms with Gasteiger partial charge in [-0.2, -0.15) is 4.31 Å². The molecular weight excluding hydrogens is 294 g/mol. The number of imidazole rings is 1. The van der Waals surface area contributed by atoms with Gasteiger partial charge in [-0.05, 0) is 34.6 Å². The molecule has 0 unspecified atom stereocenters. The van der Waals surface area contributed by atoms with Gasteiger partial charge in [0.05, 0.1) is 6.42 Å². The Labute approximate surface area is 125 Å². The molecule has 0 bridgehead atoms. The molecule has 0 fully saturated rings. The molecule has 0 saturated carbocycles. The van der Waals surface area contributed by atoms with Gasteiger partial charge in [-0.15, -0.1) is 0 Å². The van der Waals surface area contributed by atoms with Crippen molar-refractivity contribution >= 4 is 16.0 Å². The van der Waals surface area contributed by atoms with Gasteiger partial charge in [-0.3, -0.25) is 4.79 Å². The Kier molecular flexibility index (Phi) is 5.16. The van der Waals surface area contributed by atoms with E-state index in [2.05, 4.69) is 4.98 Å². The average Bonchev–Trinajstić information content (AvgIpc) is 2.68. The summed E-state index contributed by atoms with van der Waals surface area (Å²) in [5, 5.41) is 8.77. The highest BCUT2D eigenvalue weighted by molar-refractivity contribution is 7.89. The van der Waals surface area contributed by atoms with Crippen LogP contribution >= 0.6 is 0 Å². The van der Waals surface area contributed by atoms with Crippen molar-refractivity contribution in [1.29, 1.82) is 0 Å². The van der Waals surface area contributed by atoms with Gasteiger partial charge in [0.15, 0.2) is 5.03 Å². The zero-order valence-corrected chi connectivity index (χ0v) is 13.9. The van der Waals surface area contributed by atoms with Crippen molar-refractivity contribution in [2.45, 2.75) is 58.1 Å². The molecule has 1 N–H and O–H groups in total. The van der Waals surface area contributed by atoms with Crippen molar-refractivity contribution in [3.63, 3.8) is 0 Å². The quantitative estimate of drug-likeness (QED) is 0.858. The summed E-state index contributed by atoms with van der Waals surface area (Å²) in [5.41, 5.74) is -0.724. The second-order valence-electron chi connectivity index (χ2n) is 5.80. The first-order valence-electron chi connectivity index (χ1n) is 6.78. The highest BCUT2D eigenvalue weighted by Gasteiger charge is 2.35. The van der Waals surface area contributed by atoms with E-state index in [0.717, 1.165) is 0 Å². The number of aryl methyl sites for hydroxylation is 2. The Morgan fingerprint density at radius 3 is 2.38 bits per heavy atom. The van der Waals surface area contributed by atoms with E-state index in [4.69, 9.17) is 5.11 Å². The summed E-state index contributed by atoms with van der Waals surface area (Å²) in [6.45, 7) is 9.37. The van der Waals surface area contributed by atoms with Gasteiger partial charge in [-0.25, -0.2) is 13.4 Å². The van der Waals surface area contributed by atoms with Crippen LogP contribution in [0.2, 0.25) is 0 Å². The highest BCUT2D eigenvalue weighted by Crippen LogP contribution is 2.24. The first-order valence-corrected chi connectivity index (χ1v) is 8.22. The first-order chi connectivity index (χ1) is 9.50. The largest absolute Gasteiger partial charge is 0.481 e. The Bertz CT molecular complexity index is 614. The van der Waals surface area contributed by atoms with Gasteiger partial charge >= 0.3 is 5.97 Å². The minimum absolute atomic E-state index is 0.0397. The van der Waals surface area contributed by atoms with Gasteiger partial charge in [0, 0.05) is 24.8 Å². The van der Waals surface area contributed by atoms with Crippen LogP contribution in [0.1, 0.15) is 39.9 Å². The molecule has 0 aliphatic rings. The standard InChI is InChI=1S/C13H23N3O4S/c1-6-15-9-11(14-10(15)2)21(19,20)16(13(3,4)5)8-7-12(17)18/h9H,6-8H2,1-5H3,(H,17,18). The van der Waals surface area contributed by atoms with Gasteiger partial charge in [0.1, 0.15) is 5.82 Å². The van der Waals surface area contributed by atoms with Crippen molar-refractivity contribution in [2.75, 3.05) is 6.54 Å². The fourth-order valence-corrected chi connectivity index (χ4v) is 3.84. The fourth-order valence-electron chi connectivity index (χ4n) is 2.05. The van der Waals surface area contributed by atoms with Crippen LogP contribution in [0.25, 0.3) is 0 Å². The number of carbonyl (C=O) groups is 1. The van der Waals surface area contributed by atoms with Crippen molar-refractivity contribution in [2.24, 2.45) is 0 Å². The van der Waals surface area contributed by atoms with Crippen molar-refractivity contribution in [3.8, 4) is 0 Å². The van der Waals surface area contributed by atoms with E-state index in [1.807, 2.05) is 6.92 Å². The maximum Gasteiger partial charge on any atom is 0.304 e. The number of aromatic nitrogens is 2.